The molecule has 0 aromatic heterocycles. The summed E-state index contributed by atoms with van der Waals surface area (Å²) in [7, 11) is 0. The van der Waals surface area contributed by atoms with Crippen molar-refractivity contribution in [1.29, 1.82) is 0 Å². The van der Waals surface area contributed by atoms with Gasteiger partial charge in [0.15, 0.2) is 0 Å². The average molecular weight is 322 g/mol. The first kappa shape index (κ1) is 16.3. The van der Waals surface area contributed by atoms with E-state index in [0.29, 0.717) is 17.8 Å². The van der Waals surface area contributed by atoms with Gasteiger partial charge in [0, 0.05) is 5.41 Å². The van der Waals surface area contributed by atoms with Gasteiger partial charge in [0.1, 0.15) is 6.04 Å². The van der Waals surface area contributed by atoms with Crippen molar-refractivity contribution in [3.05, 3.63) is 0 Å². The van der Waals surface area contributed by atoms with Gasteiger partial charge in [0.2, 0.25) is 11.8 Å². The molecule has 0 saturated heterocycles. The highest BCUT2D eigenvalue weighted by atomic mass is 16.5. The highest BCUT2D eigenvalue weighted by molar-refractivity contribution is 5.92. The van der Waals surface area contributed by atoms with E-state index in [1.165, 1.54) is 19.3 Å². The molecule has 4 fully saturated rings. The first-order valence-corrected chi connectivity index (χ1v) is 8.68. The maximum Gasteiger partial charge on any atom is 0.308 e. The smallest absolute Gasteiger partial charge is 0.308 e. The van der Waals surface area contributed by atoms with Gasteiger partial charge in [-0.3, -0.25) is 14.4 Å². The summed E-state index contributed by atoms with van der Waals surface area (Å²) in [5, 5.41) is 2.75. The zero-order chi connectivity index (χ0) is 16.6. The van der Waals surface area contributed by atoms with Gasteiger partial charge >= 0.3 is 5.97 Å². The van der Waals surface area contributed by atoms with Crippen molar-refractivity contribution in [3.8, 4) is 0 Å². The zero-order valence-corrected chi connectivity index (χ0v) is 13.7. The first-order valence-electron chi connectivity index (χ1n) is 8.68. The van der Waals surface area contributed by atoms with Crippen molar-refractivity contribution in [3.63, 3.8) is 0 Å². The summed E-state index contributed by atoms with van der Waals surface area (Å²) in [5.74, 6) is 0.639. The number of primary amides is 1. The van der Waals surface area contributed by atoms with Gasteiger partial charge in [-0.05, 0) is 63.2 Å². The Hall–Kier alpha value is -1.59. The number of amides is 2. The van der Waals surface area contributed by atoms with E-state index in [1.54, 1.807) is 6.92 Å². The molecule has 0 spiro atoms. The number of esters is 1. The predicted molar refractivity (Wildman–Crippen MR) is 83.0 cm³/mol. The normalized spacial score (nSPS) is 35.6. The molecule has 0 aromatic rings. The molecule has 0 radical (unpaired) electrons. The molecule has 0 heterocycles. The first-order chi connectivity index (χ1) is 10.9. The van der Waals surface area contributed by atoms with Gasteiger partial charge in [0.25, 0.3) is 0 Å². The number of nitrogens with two attached hydrogens (primary N) is 1. The molecule has 1 atom stereocenters. The Morgan fingerprint density at radius 1 is 1.13 bits per heavy atom. The molecular formula is C17H26N2O4. The predicted octanol–water partition coefficient (Wildman–Crippen LogP) is 1.13. The number of nitrogens with one attached hydrogen (secondary N) is 1. The largest absolute Gasteiger partial charge is 0.466 e. The second-order valence-corrected chi connectivity index (χ2v) is 7.64. The number of hydrogen-bond acceptors (Lipinski definition) is 4. The van der Waals surface area contributed by atoms with E-state index in [0.717, 1.165) is 19.3 Å². The fraction of sp³-hybridized carbons (Fsp3) is 0.824. The molecule has 6 heteroatoms. The Labute approximate surface area is 136 Å². The molecule has 4 saturated carbocycles. The van der Waals surface area contributed by atoms with E-state index in [4.69, 9.17) is 10.5 Å². The van der Waals surface area contributed by atoms with Gasteiger partial charge in [-0.1, -0.05) is 0 Å². The van der Waals surface area contributed by atoms with Crippen molar-refractivity contribution >= 4 is 17.8 Å². The molecule has 4 aliphatic rings. The molecule has 23 heavy (non-hydrogen) atoms. The third-order valence-corrected chi connectivity index (χ3v) is 5.84. The summed E-state index contributed by atoms with van der Waals surface area (Å²) in [6, 6.07) is -0.977. The Balaban J connectivity index is 1.67. The Morgan fingerprint density at radius 3 is 2.09 bits per heavy atom. The van der Waals surface area contributed by atoms with Gasteiger partial charge in [-0.25, -0.2) is 0 Å². The van der Waals surface area contributed by atoms with Crippen LogP contribution in [0.15, 0.2) is 0 Å². The number of carbonyl (C=O) groups excluding carboxylic acids is 3. The van der Waals surface area contributed by atoms with Crippen molar-refractivity contribution in [2.24, 2.45) is 28.9 Å². The second kappa shape index (κ2) is 6.13. The lowest BCUT2D eigenvalue weighted by atomic mass is 9.49. The molecule has 3 N–H and O–H groups in total. The highest BCUT2D eigenvalue weighted by Gasteiger charge is 2.54. The minimum Gasteiger partial charge on any atom is -0.466 e. The molecule has 0 unspecified atom stereocenters. The van der Waals surface area contributed by atoms with Crippen LogP contribution < -0.4 is 11.1 Å². The van der Waals surface area contributed by atoms with Crippen LogP contribution in [0.3, 0.4) is 0 Å². The summed E-state index contributed by atoms with van der Waals surface area (Å²) in [5.41, 5.74) is 5.01. The third kappa shape index (κ3) is 3.21. The quantitative estimate of drug-likeness (QED) is 0.716. The van der Waals surface area contributed by atoms with Gasteiger partial charge < -0.3 is 15.8 Å². The van der Waals surface area contributed by atoms with Crippen LogP contribution in [0.4, 0.5) is 0 Å². The minimum atomic E-state index is -0.977. The molecule has 6 nitrogen and oxygen atoms in total. The molecule has 4 bridgehead atoms. The van der Waals surface area contributed by atoms with Gasteiger partial charge in [0.05, 0.1) is 13.0 Å². The molecule has 0 aliphatic heterocycles. The minimum absolute atomic E-state index is 0.0929. The maximum absolute atomic E-state index is 12.9. The van der Waals surface area contributed by atoms with Crippen molar-refractivity contribution in [1.82, 2.24) is 5.32 Å². The topological polar surface area (TPSA) is 98.5 Å². The van der Waals surface area contributed by atoms with Crippen LogP contribution >= 0.6 is 0 Å². The van der Waals surface area contributed by atoms with Crippen LogP contribution in [0.2, 0.25) is 0 Å². The van der Waals surface area contributed by atoms with Gasteiger partial charge in [-0.15, -0.1) is 0 Å². The maximum atomic E-state index is 12.9. The van der Waals surface area contributed by atoms with Crippen LogP contribution in [-0.4, -0.2) is 30.4 Å². The SMILES string of the molecule is CCOC(=O)C[C@@H](NC(=O)C12CC3CC(CC(C3)C1)C2)C(N)=O. The van der Waals surface area contributed by atoms with E-state index < -0.39 is 17.9 Å². The van der Waals surface area contributed by atoms with Crippen molar-refractivity contribution in [2.45, 2.75) is 57.9 Å². The zero-order valence-electron chi connectivity index (χ0n) is 13.7. The molecule has 128 valence electrons. The Kier molecular flexibility index (Phi) is 4.34. The van der Waals surface area contributed by atoms with E-state index >= 15 is 0 Å². The number of hydrogen-bond donors (Lipinski definition) is 2. The summed E-state index contributed by atoms with van der Waals surface area (Å²) in [4.78, 5) is 36.1. The lowest BCUT2D eigenvalue weighted by Crippen LogP contribution is -2.57. The van der Waals surface area contributed by atoms with Crippen molar-refractivity contribution in [2.75, 3.05) is 6.61 Å². The lowest BCUT2D eigenvalue weighted by molar-refractivity contribution is -0.150. The fourth-order valence-corrected chi connectivity index (χ4v) is 5.31. The Morgan fingerprint density at radius 2 is 1.65 bits per heavy atom. The second-order valence-electron chi connectivity index (χ2n) is 7.64. The van der Waals surface area contributed by atoms with Crippen LogP contribution in [0.25, 0.3) is 0 Å². The number of ether oxygens (including phenoxy) is 1. The van der Waals surface area contributed by atoms with E-state index in [-0.39, 0.29) is 24.3 Å². The van der Waals surface area contributed by atoms with E-state index in [1.807, 2.05) is 0 Å². The monoisotopic (exact) mass is 322 g/mol. The lowest BCUT2D eigenvalue weighted by Gasteiger charge is -2.55. The highest BCUT2D eigenvalue weighted by Crippen LogP contribution is 2.60. The van der Waals surface area contributed by atoms with Crippen LogP contribution in [0, 0.1) is 23.2 Å². The van der Waals surface area contributed by atoms with E-state index in [2.05, 4.69) is 5.32 Å². The average Bonchev–Trinajstić information content (AvgIpc) is 2.45. The summed E-state index contributed by atoms with van der Waals surface area (Å²) >= 11 is 0. The molecule has 4 aliphatic carbocycles. The van der Waals surface area contributed by atoms with Crippen LogP contribution in [-0.2, 0) is 19.1 Å². The number of rotatable bonds is 6. The van der Waals surface area contributed by atoms with E-state index in [9.17, 15) is 14.4 Å². The summed E-state index contributed by atoms with van der Waals surface area (Å²) in [6.07, 6.45) is 6.28. The van der Waals surface area contributed by atoms with Crippen LogP contribution in [0.1, 0.15) is 51.9 Å². The Bertz CT molecular complexity index is 481. The van der Waals surface area contributed by atoms with Crippen LogP contribution in [0.5, 0.6) is 0 Å². The molecule has 4 rings (SSSR count). The summed E-state index contributed by atoms with van der Waals surface area (Å²) in [6.45, 7) is 1.94. The third-order valence-electron chi connectivity index (χ3n) is 5.84. The fourth-order valence-electron chi connectivity index (χ4n) is 5.31. The van der Waals surface area contributed by atoms with Crippen molar-refractivity contribution < 1.29 is 19.1 Å². The summed E-state index contributed by atoms with van der Waals surface area (Å²) < 4.78 is 4.86. The standard InChI is InChI=1S/C17H26N2O4/c1-2-23-14(20)6-13(15(18)21)19-16(22)17-7-10-3-11(8-17)5-12(4-10)9-17/h10-13H,2-9H2,1H3,(H2,18,21)(H,19,22)/t10?,11?,12?,13-,17?/m1/s1. The van der Waals surface area contributed by atoms with Gasteiger partial charge in [-0.2, -0.15) is 0 Å². The molecule has 0 aromatic carbocycles. The molecule has 2 amide bonds. The number of carbonyl (C=O) groups is 3. The molecular weight excluding hydrogens is 296 g/mol.